The minimum absolute atomic E-state index is 0.0428. The van der Waals surface area contributed by atoms with E-state index < -0.39 is 0 Å². The summed E-state index contributed by atoms with van der Waals surface area (Å²) in [7, 11) is 1.49. The number of methoxy groups -OCH3 is 1. The van der Waals surface area contributed by atoms with E-state index in [1.165, 1.54) is 29.3 Å². The van der Waals surface area contributed by atoms with Crippen molar-refractivity contribution in [1.82, 2.24) is 4.98 Å². The molecular weight excluding hydrogens is 262 g/mol. The van der Waals surface area contributed by atoms with Crippen LogP contribution in [0.3, 0.4) is 0 Å². The lowest BCUT2D eigenvalue weighted by molar-refractivity contribution is -0.147. The van der Waals surface area contributed by atoms with Gasteiger partial charge in [-0.15, -0.1) is 0 Å². The Kier molecular flexibility index (Phi) is 3.31. The molecule has 1 aromatic heterocycles. The standard InChI is InChI=1S/C18H23NO2/c1-5-11-13(17(20)21-4)10-18(2,3)16-15(11)12-8-6-7-9-14(12)19-16/h6-9,11,13,19H,5,10H2,1-4H3/t11-,13+/m0/s1. The number of carbonyl (C=O) groups excluding carboxylic acids is 1. The van der Waals surface area contributed by atoms with Gasteiger partial charge in [0, 0.05) is 22.0 Å². The Hall–Kier alpha value is -1.77. The third kappa shape index (κ3) is 2.06. The number of para-hydroxylation sites is 1. The number of aromatic amines is 1. The second-order valence-corrected chi connectivity index (χ2v) is 6.69. The van der Waals surface area contributed by atoms with Crippen LogP contribution >= 0.6 is 0 Å². The summed E-state index contributed by atoms with van der Waals surface area (Å²) in [5.74, 6) is 0.101. The van der Waals surface area contributed by atoms with Gasteiger partial charge in [0.05, 0.1) is 13.0 Å². The Morgan fingerprint density at radius 1 is 1.38 bits per heavy atom. The SMILES string of the molecule is CC[C@@H]1c2c([nH]c3ccccc23)C(C)(C)C[C@H]1C(=O)OC. The van der Waals surface area contributed by atoms with E-state index in [0.717, 1.165) is 12.8 Å². The molecule has 1 aromatic carbocycles. The fourth-order valence-corrected chi connectivity index (χ4v) is 3.97. The van der Waals surface area contributed by atoms with Gasteiger partial charge in [-0.25, -0.2) is 0 Å². The summed E-state index contributed by atoms with van der Waals surface area (Å²) in [6, 6.07) is 8.39. The van der Waals surface area contributed by atoms with Crippen molar-refractivity contribution in [3.05, 3.63) is 35.5 Å². The second-order valence-electron chi connectivity index (χ2n) is 6.69. The monoisotopic (exact) mass is 285 g/mol. The predicted molar refractivity (Wildman–Crippen MR) is 84.5 cm³/mol. The maximum atomic E-state index is 12.3. The summed E-state index contributed by atoms with van der Waals surface area (Å²) in [5, 5.41) is 1.25. The van der Waals surface area contributed by atoms with Crippen molar-refractivity contribution in [2.75, 3.05) is 7.11 Å². The number of hydrogen-bond donors (Lipinski definition) is 1. The first-order valence-corrected chi connectivity index (χ1v) is 7.68. The highest BCUT2D eigenvalue weighted by Crippen LogP contribution is 2.49. The molecule has 0 bridgehead atoms. The normalized spacial score (nSPS) is 23.8. The molecule has 3 heteroatoms. The average Bonchev–Trinajstić information content (AvgIpc) is 2.87. The topological polar surface area (TPSA) is 42.1 Å². The molecular formula is C18H23NO2. The molecule has 112 valence electrons. The van der Waals surface area contributed by atoms with Crippen LogP contribution in [0.15, 0.2) is 24.3 Å². The summed E-state index contributed by atoms with van der Waals surface area (Å²) in [5.41, 5.74) is 3.73. The van der Waals surface area contributed by atoms with Gasteiger partial charge in [-0.2, -0.15) is 0 Å². The second kappa shape index (κ2) is 4.90. The Morgan fingerprint density at radius 2 is 2.10 bits per heavy atom. The van der Waals surface area contributed by atoms with E-state index in [1.807, 2.05) is 0 Å². The highest BCUT2D eigenvalue weighted by Gasteiger charge is 2.44. The van der Waals surface area contributed by atoms with Crippen LogP contribution in [-0.2, 0) is 14.9 Å². The number of hydrogen-bond acceptors (Lipinski definition) is 2. The Labute approximate surface area is 125 Å². The van der Waals surface area contributed by atoms with E-state index in [0.29, 0.717) is 0 Å². The lowest BCUT2D eigenvalue weighted by Gasteiger charge is -2.39. The fourth-order valence-electron chi connectivity index (χ4n) is 3.97. The molecule has 3 nitrogen and oxygen atoms in total. The van der Waals surface area contributed by atoms with Gasteiger partial charge in [-0.05, 0) is 30.4 Å². The number of rotatable bonds is 2. The molecule has 1 aliphatic carbocycles. The molecule has 2 aromatic rings. The molecule has 0 radical (unpaired) electrons. The molecule has 0 spiro atoms. The quantitative estimate of drug-likeness (QED) is 0.843. The van der Waals surface area contributed by atoms with Crippen LogP contribution in [0.1, 0.15) is 50.8 Å². The number of carbonyl (C=O) groups is 1. The molecule has 2 atom stereocenters. The van der Waals surface area contributed by atoms with E-state index >= 15 is 0 Å². The maximum absolute atomic E-state index is 12.3. The van der Waals surface area contributed by atoms with Crippen molar-refractivity contribution in [3.63, 3.8) is 0 Å². The summed E-state index contributed by atoms with van der Waals surface area (Å²) < 4.78 is 5.07. The molecule has 0 aliphatic heterocycles. The van der Waals surface area contributed by atoms with Gasteiger partial charge in [0.1, 0.15) is 0 Å². The Balaban J connectivity index is 2.25. The van der Waals surface area contributed by atoms with Gasteiger partial charge in [0.2, 0.25) is 0 Å². The first kappa shape index (κ1) is 14.2. The third-order valence-corrected chi connectivity index (χ3v) is 4.95. The number of fused-ring (bicyclic) bond motifs is 3. The number of aromatic nitrogens is 1. The molecule has 3 rings (SSSR count). The van der Waals surface area contributed by atoms with Gasteiger partial charge in [-0.1, -0.05) is 39.0 Å². The molecule has 21 heavy (non-hydrogen) atoms. The van der Waals surface area contributed by atoms with Gasteiger partial charge in [0.25, 0.3) is 0 Å². The minimum Gasteiger partial charge on any atom is -0.469 e. The smallest absolute Gasteiger partial charge is 0.309 e. The minimum atomic E-state index is -0.0779. The molecule has 0 fully saturated rings. The van der Waals surface area contributed by atoms with Crippen molar-refractivity contribution >= 4 is 16.9 Å². The van der Waals surface area contributed by atoms with Gasteiger partial charge in [-0.3, -0.25) is 4.79 Å². The van der Waals surface area contributed by atoms with E-state index in [1.54, 1.807) is 0 Å². The number of esters is 1. The number of H-pyrrole nitrogens is 1. The lowest BCUT2D eigenvalue weighted by atomic mass is 9.65. The molecule has 0 saturated carbocycles. The highest BCUT2D eigenvalue weighted by molar-refractivity contribution is 5.87. The number of nitrogens with one attached hydrogen (secondary N) is 1. The average molecular weight is 285 g/mol. The Morgan fingerprint density at radius 3 is 2.76 bits per heavy atom. The zero-order chi connectivity index (χ0) is 15.2. The van der Waals surface area contributed by atoms with E-state index in [9.17, 15) is 4.79 Å². The van der Waals surface area contributed by atoms with Crippen LogP contribution in [0, 0.1) is 5.92 Å². The van der Waals surface area contributed by atoms with Crippen molar-refractivity contribution in [2.45, 2.75) is 44.9 Å². The van der Waals surface area contributed by atoms with Crippen LogP contribution in [-0.4, -0.2) is 18.1 Å². The van der Waals surface area contributed by atoms with Crippen LogP contribution in [0.2, 0.25) is 0 Å². The van der Waals surface area contributed by atoms with Crippen LogP contribution in [0.5, 0.6) is 0 Å². The molecule has 0 saturated heterocycles. The van der Waals surface area contributed by atoms with E-state index in [-0.39, 0.29) is 23.2 Å². The third-order valence-electron chi connectivity index (χ3n) is 4.95. The molecule has 1 N–H and O–H groups in total. The van der Waals surface area contributed by atoms with Gasteiger partial charge >= 0.3 is 5.97 Å². The lowest BCUT2D eigenvalue weighted by Crippen LogP contribution is -2.37. The van der Waals surface area contributed by atoms with Crippen LogP contribution < -0.4 is 0 Å². The molecule has 0 amide bonds. The van der Waals surface area contributed by atoms with Crippen molar-refractivity contribution in [3.8, 4) is 0 Å². The first-order chi connectivity index (χ1) is 9.99. The zero-order valence-corrected chi connectivity index (χ0v) is 13.2. The summed E-state index contributed by atoms with van der Waals surface area (Å²) >= 11 is 0. The highest BCUT2D eigenvalue weighted by atomic mass is 16.5. The molecule has 0 unspecified atom stereocenters. The largest absolute Gasteiger partial charge is 0.469 e. The van der Waals surface area contributed by atoms with Crippen molar-refractivity contribution in [2.24, 2.45) is 5.92 Å². The summed E-state index contributed by atoms with van der Waals surface area (Å²) in [6.45, 7) is 6.58. The fraction of sp³-hybridized carbons (Fsp3) is 0.500. The molecule has 1 heterocycles. The predicted octanol–water partition coefficient (Wildman–Crippen LogP) is 4.13. The van der Waals surface area contributed by atoms with Crippen LogP contribution in [0.4, 0.5) is 0 Å². The van der Waals surface area contributed by atoms with Crippen LogP contribution in [0.25, 0.3) is 10.9 Å². The summed E-state index contributed by atoms with van der Waals surface area (Å²) in [4.78, 5) is 15.9. The van der Waals surface area contributed by atoms with Crippen molar-refractivity contribution in [1.29, 1.82) is 0 Å². The zero-order valence-electron chi connectivity index (χ0n) is 13.2. The maximum Gasteiger partial charge on any atom is 0.309 e. The molecule has 1 aliphatic rings. The number of ether oxygens (including phenoxy) is 1. The van der Waals surface area contributed by atoms with Gasteiger partial charge < -0.3 is 9.72 Å². The first-order valence-electron chi connectivity index (χ1n) is 7.68. The summed E-state index contributed by atoms with van der Waals surface area (Å²) in [6.07, 6.45) is 1.78. The number of benzene rings is 1. The van der Waals surface area contributed by atoms with Crippen molar-refractivity contribution < 1.29 is 9.53 Å². The van der Waals surface area contributed by atoms with E-state index in [2.05, 4.69) is 50.0 Å². The van der Waals surface area contributed by atoms with E-state index in [4.69, 9.17) is 4.74 Å². The van der Waals surface area contributed by atoms with Gasteiger partial charge in [0.15, 0.2) is 0 Å². The Bertz CT molecular complexity index is 684.